The molecule has 27 heavy (non-hydrogen) atoms. The van der Waals surface area contributed by atoms with Crippen molar-refractivity contribution in [3.8, 4) is 5.75 Å². The lowest BCUT2D eigenvalue weighted by molar-refractivity contribution is -0.136. The number of likely N-dealkylation sites (N-methyl/N-ethyl adjacent to an activating group) is 1. The van der Waals surface area contributed by atoms with Crippen LogP contribution in [-0.2, 0) is 16.0 Å². The molecule has 2 aliphatic heterocycles. The molecule has 6 nitrogen and oxygen atoms in total. The molecule has 1 aromatic carbocycles. The molecule has 2 saturated heterocycles. The number of hydrogen-bond acceptors (Lipinski definition) is 4. The summed E-state index contributed by atoms with van der Waals surface area (Å²) in [4.78, 5) is 31.6. The van der Waals surface area contributed by atoms with Crippen molar-refractivity contribution < 1.29 is 14.3 Å². The summed E-state index contributed by atoms with van der Waals surface area (Å²) in [7, 11) is 3.77. The number of likely N-dealkylation sites (tertiary alicyclic amines) is 1. The Balaban J connectivity index is 1.72. The Morgan fingerprint density at radius 1 is 1.19 bits per heavy atom. The standard InChI is InChI=1S/C21H31N3O3/c1-4-23-12-11-21(10-9-19(23)25)16-24(14-13-22(21)2)20(26)15-17-7-5-6-8-18(17)27-3/h5-8H,4,9-16H2,1-3H3/t21-/m0/s1. The SMILES string of the molecule is CCN1CC[C@@]2(CCC1=O)CN(C(=O)Cc1ccccc1OC)CCN2C. The number of amides is 2. The van der Waals surface area contributed by atoms with Gasteiger partial charge in [0.1, 0.15) is 5.75 Å². The number of nitrogens with zero attached hydrogens (tertiary/aromatic N) is 3. The molecule has 2 heterocycles. The number of carbonyl (C=O) groups excluding carboxylic acids is 2. The number of para-hydroxylation sites is 1. The first-order chi connectivity index (χ1) is 13.0. The predicted octanol–water partition coefficient (Wildman–Crippen LogP) is 1.78. The molecule has 148 valence electrons. The number of methoxy groups -OCH3 is 1. The van der Waals surface area contributed by atoms with E-state index in [-0.39, 0.29) is 17.4 Å². The van der Waals surface area contributed by atoms with E-state index in [0.29, 0.717) is 19.4 Å². The summed E-state index contributed by atoms with van der Waals surface area (Å²) in [6, 6.07) is 7.70. The largest absolute Gasteiger partial charge is 0.496 e. The van der Waals surface area contributed by atoms with Crippen molar-refractivity contribution >= 4 is 11.8 Å². The summed E-state index contributed by atoms with van der Waals surface area (Å²) in [5.41, 5.74) is 0.819. The summed E-state index contributed by atoms with van der Waals surface area (Å²) in [6.07, 6.45) is 2.65. The molecule has 2 fully saturated rings. The van der Waals surface area contributed by atoms with Crippen LogP contribution in [0.4, 0.5) is 0 Å². The normalized spacial score (nSPS) is 24.2. The molecule has 0 N–H and O–H groups in total. The van der Waals surface area contributed by atoms with E-state index in [2.05, 4.69) is 11.9 Å². The van der Waals surface area contributed by atoms with Crippen LogP contribution in [0.25, 0.3) is 0 Å². The fraction of sp³-hybridized carbons (Fsp3) is 0.619. The zero-order valence-corrected chi connectivity index (χ0v) is 16.7. The van der Waals surface area contributed by atoms with Crippen molar-refractivity contribution in [2.24, 2.45) is 0 Å². The summed E-state index contributed by atoms with van der Waals surface area (Å²) >= 11 is 0. The average Bonchev–Trinajstić information content (AvgIpc) is 2.84. The number of benzene rings is 1. The van der Waals surface area contributed by atoms with Crippen molar-refractivity contribution in [2.45, 2.75) is 38.1 Å². The molecule has 1 atom stereocenters. The van der Waals surface area contributed by atoms with Crippen molar-refractivity contribution in [2.75, 3.05) is 46.9 Å². The zero-order valence-electron chi connectivity index (χ0n) is 16.7. The number of hydrogen-bond donors (Lipinski definition) is 0. The monoisotopic (exact) mass is 373 g/mol. The van der Waals surface area contributed by atoms with Gasteiger partial charge in [0.15, 0.2) is 0 Å². The number of rotatable bonds is 4. The Bertz CT molecular complexity index is 693. The molecule has 0 aromatic heterocycles. The van der Waals surface area contributed by atoms with Gasteiger partial charge in [0.2, 0.25) is 11.8 Å². The second-order valence-corrected chi connectivity index (χ2v) is 7.67. The minimum atomic E-state index is -0.103. The van der Waals surface area contributed by atoms with E-state index in [4.69, 9.17) is 4.74 Å². The van der Waals surface area contributed by atoms with E-state index in [0.717, 1.165) is 50.3 Å². The fourth-order valence-corrected chi connectivity index (χ4v) is 4.36. The highest BCUT2D eigenvalue weighted by atomic mass is 16.5. The Morgan fingerprint density at radius 2 is 1.96 bits per heavy atom. The minimum absolute atomic E-state index is 0.103. The first kappa shape index (κ1) is 19.7. The second-order valence-electron chi connectivity index (χ2n) is 7.67. The van der Waals surface area contributed by atoms with E-state index in [1.165, 1.54) is 0 Å². The van der Waals surface area contributed by atoms with Gasteiger partial charge in [-0.2, -0.15) is 0 Å². The fourth-order valence-electron chi connectivity index (χ4n) is 4.36. The van der Waals surface area contributed by atoms with E-state index in [1.807, 2.05) is 41.0 Å². The molecule has 0 saturated carbocycles. The molecule has 0 unspecified atom stereocenters. The number of ether oxygens (including phenoxy) is 1. The lowest BCUT2D eigenvalue weighted by Gasteiger charge is -2.49. The lowest BCUT2D eigenvalue weighted by Crippen LogP contribution is -2.62. The van der Waals surface area contributed by atoms with Gasteiger partial charge in [-0.1, -0.05) is 18.2 Å². The second kappa shape index (κ2) is 8.30. The third-order valence-electron chi connectivity index (χ3n) is 6.27. The van der Waals surface area contributed by atoms with E-state index < -0.39 is 0 Å². The van der Waals surface area contributed by atoms with Gasteiger partial charge >= 0.3 is 0 Å². The molecule has 2 aliphatic rings. The van der Waals surface area contributed by atoms with E-state index in [9.17, 15) is 9.59 Å². The van der Waals surface area contributed by atoms with Crippen molar-refractivity contribution in [3.63, 3.8) is 0 Å². The number of piperazine rings is 1. The first-order valence-corrected chi connectivity index (χ1v) is 9.88. The summed E-state index contributed by atoms with van der Waals surface area (Å²) < 4.78 is 5.39. The van der Waals surface area contributed by atoms with Crippen LogP contribution in [0, 0.1) is 0 Å². The summed E-state index contributed by atoms with van der Waals surface area (Å²) in [5.74, 6) is 1.13. The Morgan fingerprint density at radius 3 is 2.70 bits per heavy atom. The maximum absolute atomic E-state index is 13.0. The topological polar surface area (TPSA) is 53.1 Å². The van der Waals surface area contributed by atoms with Crippen LogP contribution in [-0.4, -0.2) is 78.9 Å². The van der Waals surface area contributed by atoms with Gasteiger partial charge in [-0.3, -0.25) is 14.5 Å². The Labute approximate surface area is 162 Å². The molecule has 0 aliphatic carbocycles. The lowest BCUT2D eigenvalue weighted by atomic mass is 9.86. The van der Waals surface area contributed by atoms with Crippen LogP contribution in [0.1, 0.15) is 31.7 Å². The maximum Gasteiger partial charge on any atom is 0.227 e. The van der Waals surface area contributed by atoms with Gasteiger partial charge in [0.05, 0.1) is 13.5 Å². The predicted molar refractivity (Wildman–Crippen MR) is 105 cm³/mol. The van der Waals surface area contributed by atoms with Crippen LogP contribution >= 0.6 is 0 Å². The van der Waals surface area contributed by atoms with Crippen LogP contribution in [0.15, 0.2) is 24.3 Å². The van der Waals surface area contributed by atoms with E-state index in [1.54, 1.807) is 7.11 Å². The van der Waals surface area contributed by atoms with Crippen LogP contribution < -0.4 is 4.74 Å². The highest BCUT2D eigenvalue weighted by molar-refractivity contribution is 5.80. The van der Waals surface area contributed by atoms with Crippen LogP contribution in [0.2, 0.25) is 0 Å². The van der Waals surface area contributed by atoms with Crippen molar-refractivity contribution in [1.29, 1.82) is 0 Å². The van der Waals surface area contributed by atoms with Gasteiger partial charge in [-0.15, -0.1) is 0 Å². The Hall–Kier alpha value is -2.08. The van der Waals surface area contributed by atoms with Crippen LogP contribution in [0.5, 0.6) is 5.75 Å². The van der Waals surface area contributed by atoms with Gasteiger partial charge in [0, 0.05) is 50.2 Å². The quantitative estimate of drug-likeness (QED) is 0.807. The zero-order chi connectivity index (χ0) is 19.4. The number of carbonyl (C=O) groups is 2. The molecule has 3 rings (SSSR count). The first-order valence-electron chi connectivity index (χ1n) is 9.88. The van der Waals surface area contributed by atoms with E-state index >= 15 is 0 Å². The third kappa shape index (κ3) is 4.10. The molecule has 1 aromatic rings. The third-order valence-corrected chi connectivity index (χ3v) is 6.27. The highest BCUT2D eigenvalue weighted by Crippen LogP contribution is 2.32. The highest BCUT2D eigenvalue weighted by Gasteiger charge is 2.43. The molecular weight excluding hydrogens is 342 g/mol. The summed E-state index contributed by atoms with van der Waals surface area (Å²) in [6.45, 7) is 5.84. The molecule has 1 spiro atoms. The van der Waals surface area contributed by atoms with Gasteiger partial charge < -0.3 is 14.5 Å². The molecular formula is C21H31N3O3. The van der Waals surface area contributed by atoms with Gasteiger partial charge in [-0.05, 0) is 32.9 Å². The Kier molecular flexibility index (Phi) is 6.05. The van der Waals surface area contributed by atoms with Gasteiger partial charge in [0.25, 0.3) is 0 Å². The molecule has 2 amide bonds. The molecule has 0 radical (unpaired) electrons. The summed E-state index contributed by atoms with van der Waals surface area (Å²) in [5, 5.41) is 0. The van der Waals surface area contributed by atoms with Crippen molar-refractivity contribution in [3.05, 3.63) is 29.8 Å². The van der Waals surface area contributed by atoms with Gasteiger partial charge in [-0.25, -0.2) is 0 Å². The van der Waals surface area contributed by atoms with Crippen LogP contribution in [0.3, 0.4) is 0 Å². The smallest absolute Gasteiger partial charge is 0.227 e. The maximum atomic E-state index is 13.0. The molecule has 0 bridgehead atoms. The minimum Gasteiger partial charge on any atom is -0.496 e. The molecule has 6 heteroatoms. The average molecular weight is 373 g/mol. The van der Waals surface area contributed by atoms with Crippen molar-refractivity contribution in [1.82, 2.24) is 14.7 Å².